The maximum Gasteiger partial charge on any atom is 0.410 e. The molecule has 1 aliphatic rings. The van der Waals surface area contributed by atoms with Crippen molar-refractivity contribution in [2.75, 3.05) is 26.7 Å². The van der Waals surface area contributed by atoms with E-state index in [1.165, 1.54) is 11.3 Å². The number of carbonyl (C=O) groups is 3. The van der Waals surface area contributed by atoms with Gasteiger partial charge >= 0.3 is 6.09 Å². The summed E-state index contributed by atoms with van der Waals surface area (Å²) in [7, 11) is 1.64. The van der Waals surface area contributed by atoms with Gasteiger partial charge < -0.3 is 15.4 Å². The predicted octanol–water partition coefficient (Wildman–Crippen LogP) is 3.08. The first-order valence-corrected chi connectivity index (χ1v) is 10.4. The second kappa shape index (κ2) is 10.7. The molecule has 28 heavy (non-hydrogen) atoms. The summed E-state index contributed by atoms with van der Waals surface area (Å²) in [5.41, 5.74) is -0.800. The van der Waals surface area contributed by atoms with Gasteiger partial charge in [0.2, 0.25) is 11.8 Å². The van der Waals surface area contributed by atoms with Crippen molar-refractivity contribution < 1.29 is 19.1 Å². The summed E-state index contributed by atoms with van der Waals surface area (Å²) < 4.78 is 5.44. The number of nitrogens with zero attached hydrogens (tertiary/aromatic N) is 1. The third-order valence-corrected chi connectivity index (χ3v) is 4.96. The van der Waals surface area contributed by atoms with Crippen molar-refractivity contribution in [3.05, 3.63) is 0 Å². The Morgan fingerprint density at radius 3 is 2.18 bits per heavy atom. The Balaban J connectivity index is 2.71. The lowest BCUT2D eigenvalue weighted by molar-refractivity contribution is -0.126. The van der Waals surface area contributed by atoms with E-state index in [1.807, 2.05) is 34.6 Å². The normalized spacial score (nSPS) is 16.4. The van der Waals surface area contributed by atoms with E-state index in [-0.39, 0.29) is 29.7 Å². The van der Waals surface area contributed by atoms with Crippen molar-refractivity contribution >= 4 is 17.9 Å². The first-order valence-electron chi connectivity index (χ1n) is 10.4. The smallest absolute Gasteiger partial charge is 0.410 e. The molecule has 2 N–H and O–H groups in total. The average Bonchev–Trinajstić information content (AvgIpc) is 2.58. The van der Waals surface area contributed by atoms with Crippen molar-refractivity contribution in [2.45, 2.75) is 78.7 Å². The van der Waals surface area contributed by atoms with Crippen molar-refractivity contribution in [1.82, 2.24) is 15.5 Å². The fourth-order valence-corrected chi connectivity index (χ4v) is 3.63. The van der Waals surface area contributed by atoms with Gasteiger partial charge in [0, 0.05) is 26.6 Å². The maximum atomic E-state index is 12.6. The molecule has 3 amide bonds. The Morgan fingerprint density at radius 1 is 1.07 bits per heavy atom. The molecule has 162 valence electrons. The third kappa shape index (κ3) is 8.93. The lowest BCUT2D eigenvalue weighted by Gasteiger charge is -2.37. The number of nitrogens with one attached hydrogen (secondary N) is 2. The largest absolute Gasteiger partial charge is 0.444 e. The zero-order chi connectivity index (χ0) is 21.4. The molecule has 0 atom stereocenters. The molecule has 7 nitrogen and oxygen atoms in total. The van der Waals surface area contributed by atoms with Crippen LogP contribution in [0.2, 0.25) is 0 Å². The molecule has 0 saturated heterocycles. The van der Waals surface area contributed by atoms with E-state index in [0.717, 1.165) is 25.7 Å². The zero-order valence-electron chi connectivity index (χ0n) is 18.5. The topological polar surface area (TPSA) is 87.7 Å². The molecule has 0 aromatic carbocycles. The SMILES string of the molecule is CNC(=O)CC1(CNC(=O)CN(CC(C)C)C(=O)OC(C)(C)C)CCCCC1. The van der Waals surface area contributed by atoms with Gasteiger partial charge in [0.15, 0.2) is 0 Å². The first kappa shape index (κ1) is 24.2. The number of carbonyl (C=O) groups excluding carboxylic acids is 3. The van der Waals surface area contributed by atoms with Crippen LogP contribution in [0.4, 0.5) is 4.79 Å². The lowest BCUT2D eigenvalue weighted by Crippen LogP contribution is -2.47. The molecule has 0 unspecified atom stereocenters. The summed E-state index contributed by atoms with van der Waals surface area (Å²) in [6.45, 7) is 10.3. The van der Waals surface area contributed by atoms with Gasteiger partial charge in [0.05, 0.1) is 0 Å². The van der Waals surface area contributed by atoms with Gasteiger partial charge in [-0.2, -0.15) is 0 Å². The van der Waals surface area contributed by atoms with Gasteiger partial charge in [-0.1, -0.05) is 33.1 Å². The Kier molecular flexibility index (Phi) is 9.24. The summed E-state index contributed by atoms with van der Waals surface area (Å²) >= 11 is 0. The van der Waals surface area contributed by atoms with E-state index in [1.54, 1.807) is 7.05 Å². The second-order valence-electron chi connectivity index (χ2n) is 9.44. The summed E-state index contributed by atoms with van der Waals surface area (Å²) in [5, 5.41) is 5.67. The molecule has 0 aromatic rings. The molecule has 0 heterocycles. The van der Waals surface area contributed by atoms with Crippen molar-refractivity contribution in [3.8, 4) is 0 Å². The highest BCUT2D eigenvalue weighted by Gasteiger charge is 2.35. The van der Waals surface area contributed by atoms with Gasteiger partial charge in [0.1, 0.15) is 12.1 Å². The standard InChI is InChI=1S/C21H39N3O4/c1-16(2)13-24(19(27)28-20(3,4)5)14-18(26)23-15-21(12-17(25)22-6)10-8-7-9-11-21/h16H,7-15H2,1-6H3,(H,22,25)(H,23,26). The van der Waals surface area contributed by atoms with Gasteiger partial charge in [0.25, 0.3) is 0 Å². The van der Waals surface area contributed by atoms with Crippen LogP contribution in [0.3, 0.4) is 0 Å². The molecule has 7 heteroatoms. The van der Waals surface area contributed by atoms with Crippen molar-refractivity contribution in [1.29, 1.82) is 0 Å². The molecule has 0 radical (unpaired) electrons. The van der Waals surface area contributed by atoms with Crippen molar-refractivity contribution in [3.63, 3.8) is 0 Å². The van der Waals surface area contributed by atoms with Crippen LogP contribution in [0.15, 0.2) is 0 Å². The zero-order valence-corrected chi connectivity index (χ0v) is 18.5. The minimum atomic E-state index is -0.609. The molecule has 1 fully saturated rings. The summed E-state index contributed by atoms with van der Waals surface area (Å²) in [5.74, 6) is 0.0120. The molecule has 1 aliphatic carbocycles. The number of hydrogen-bond donors (Lipinski definition) is 2. The molecular weight excluding hydrogens is 358 g/mol. The fraction of sp³-hybridized carbons (Fsp3) is 0.857. The Hall–Kier alpha value is -1.79. The van der Waals surface area contributed by atoms with Crippen LogP contribution in [0.25, 0.3) is 0 Å². The lowest BCUT2D eigenvalue weighted by atomic mass is 9.71. The van der Waals surface area contributed by atoms with E-state index in [0.29, 0.717) is 19.5 Å². The number of rotatable bonds is 8. The highest BCUT2D eigenvalue weighted by molar-refractivity contribution is 5.82. The van der Waals surface area contributed by atoms with E-state index >= 15 is 0 Å². The number of amides is 3. The van der Waals surface area contributed by atoms with Gasteiger partial charge in [-0.25, -0.2) is 4.79 Å². The average molecular weight is 398 g/mol. The van der Waals surface area contributed by atoms with Crippen LogP contribution < -0.4 is 10.6 Å². The van der Waals surface area contributed by atoms with Crippen LogP contribution in [-0.2, 0) is 14.3 Å². The molecular formula is C21H39N3O4. The highest BCUT2D eigenvalue weighted by atomic mass is 16.6. The molecule has 0 bridgehead atoms. The summed E-state index contributed by atoms with van der Waals surface area (Å²) in [4.78, 5) is 38.5. The number of hydrogen-bond acceptors (Lipinski definition) is 4. The van der Waals surface area contributed by atoms with E-state index in [9.17, 15) is 14.4 Å². The van der Waals surface area contributed by atoms with Crippen LogP contribution in [0.5, 0.6) is 0 Å². The summed E-state index contributed by atoms with van der Waals surface area (Å²) in [6, 6.07) is 0. The fourth-order valence-electron chi connectivity index (χ4n) is 3.63. The second-order valence-corrected chi connectivity index (χ2v) is 9.44. The molecule has 0 spiro atoms. The van der Waals surface area contributed by atoms with E-state index < -0.39 is 11.7 Å². The minimum absolute atomic E-state index is 0.00587. The Bertz CT molecular complexity index is 534. The summed E-state index contributed by atoms with van der Waals surface area (Å²) in [6.07, 6.45) is 5.13. The Morgan fingerprint density at radius 2 is 1.68 bits per heavy atom. The van der Waals surface area contributed by atoms with Crippen LogP contribution in [-0.4, -0.2) is 55.1 Å². The molecule has 0 aromatic heterocycles. The number of ether oxygens (including phenoxy) is 1. The minimum Gasteiger partial charge on any atom is -0.444 e. The van der Waals surface area contributed by atoms with Crippen LogP contribution in [0, 0.1) is 11.3 Å². The van der Waals surface area contributed by atoms with Crippen LogP contribution >= 0.6 is 0 Å². The monoisotopic (exact) mass is 397 g/mol. The van der Waals surface area contributed by atoms with Crippen LogP contribution in [0.1, 0.15) is 73.1 Å². The van der Waals surface area contributed by atoms with E-state index in [2.05, 4.69) is 10.6 Å². The van der Waals surface area contributed by atoms with Gasteiger partial charge in [-0.05, 0) is 44.9 Å². The first-order chi connectivity index (χ1) is 13.0. The van der Waals surface area contributed by atoms with Crippen molar-refractivity contribution in [2.24, 2.45) is 11.3 Å². The van der Waals surface area contributed by atoms with Gasteiger partial charge in [-0.15, -0.1) is 0 Å². The van der Waals surface area contributed by atoms with E-state index in [4.69, 9.17) is 4.74 Å². The predicted molar refractivity (Wildman–Crippen MR) is 110 cm³/mol. The third-order valence-electron chi connectivity index (χ3n) is 4.96. The highest BCUT2D eigenvalue weighted by Crippen LogP contribution is 2.38. The maximum absolute atomic E-state index is 12.6. The molecule has 0 aliphatic heterocycles. The van der Waals surface area contributed by atoms with Gasteiger partial charge in [-0.3, -0.25) is 14.5 Å². The quantitative estimate of drug-likeness (QED) is 0.659. The Labute approximate surface area is 169 Å². The molecule has 1 rings (SSSR count). The molecule has 1 saturated carbocycles.